The van der Waals surface area contributed by atoms with E-state index >= 15 is 0 Å². The van der Waals surface area contributed by atoms with Crippen LogP contribution in [0.5, 0.6) is 5.88 Å². The molecule has 0 amide bonds. The van der Waals surface area contributed by atoms with Crippen molar-refractivity contribution in [3.63, 3.8) is 0 Å². The first-order valence-corrected chi connectivity index (χ1v) is 7.98. The lowest BCUT2D eigenvalue weighted by Gasteiger charge is -2.20. The third-order valence-electron chi connectivity index (χ3n) is 1.84. The van der Waals surface area contributed by atoms with Gasteiger partial charge in [-0.15, -0.1) is 0 Å². The molecule has 0 radical (unpaired) electrons. The minimum Gasteiger partial charge on any atom is -0.406 e. The fraction of sp³-hybridized carbons (Fsp3) is 0.500. The number of halogens is 3. The van der Waals surface area contributed by atoms with Crippen molar-refractivity contribution in [2.24, 2.45) is 0 Å². The van der Waals surface area contributed by atoms with Crippen molar-refractivity contribution in [1.29, 1.82) is 0 Å². The van der Waals surface area contributed by atoms with Crippen LogP contribution in [0.25, 0.3) is 0 Å². The number of hydrogen-bond donors (Lipinski definition) is 0. The van der Waals surface area contributed by atoms with E-state index in [2.05, 4.69) is 4.98 Å². The van der Waals surface area contributed by atoms with E-state index in [0.717, 1.165) is 12.1 Å². The molecule has 0 atom stereocenters. The third kappa shape index (κ3) is 5.06. The maximum atomic E-state index is 12.4. The zero-order chi connectivity index (χ0) is 14.5. The molecule has 0 aromatic carbocycles. The standard InChI is InChI=1S/C10H13F3NO3PS/c1-3-15-18(19,16-4-2)17-9-6-5-8(7-14-9)10(11,12)13/h5-7H,3-4H2,1-2H3. The molecule has 19 heavy (non-hydrogen) atoms. The summed E-state index contributed by atoms with van der Waals surface area (Å²) in [5, 5.41) is 0. The van der Waals surface area contributed by atoms with E-state index in [0.29, 0.717) is 6.20 Å². The Hall–Kier alpha value is -0.690. The first kappa shape index (κ1) is 16.4. The lowest BCUT2D eigenvalue weighted by Crippen LogP contribution is -2.06. The summed E-state index contributed by atoms with van der Waals surface area (Å²) in [6.07, 6.45) is -3.77. The van der Waals surface area contributed by atoms with Crippen LogP contribution < -0.4 is 4.52 Å². The van der Waals surface area contributed by atoms with Crippen LogP contribution in [0.1, 0.15) is 19.4 Å². The lowest BCUT2D eigenvalue weighted by molar-refractivity contribution is -0.137. The van der Waals surface area contributed by atoms with Gasteiger partial charge in [0, 0.05) is 24.1 Å². The highest BCUT2D eigenvalue weighted by Gasteiger charge is 2.31. The van der Waals surface area contributed by atoms with E-state index in [-0.39, 0.29) is 19.1 Å². The number of aromatic nitrogens is 1. The monoisotopic (exact) mass is 315 g/mol. The Bertz CT molecular complexity index is 442. The smallest absolute Gasteiger partial charge is 0.406 e. The third-order valence-corrected chi connectivity index (χ3v) is 4.26. The average molecular weight is 315 g/mol. The van der Waals surface area contributed by atoms with Gasteiger partial charge in [-0.1, -0.05) is 0 Å². The summed E-state index contributed by atoms with van der Waals surface area (Å²) in [7, 11) is 0. The summed E-state index contributed by atoms with van der Waals surface area (Å²) in [6.45, 7) is 0.968. The molecule has 0 saturated heterocycles. The van der Waals surface area contributed by atoms with Crippen molar-refractivity contribution >= 4 is 18.5 Å². The molecule has 0 aliphatic heterocycles. The number of rotatable bonds is 6. The van der Waals surface area contributed by atoms with Gasteiger partial charge in [0.1, 0.15) is 0 Å². The fourth-order valence-corrected chi connectivity index (χ4v) is 3.13. The Morgan fingerprint density at radius 3 is 2.16 bits per heavy atom. The molecule has 0 saturated carbocycles. The summed E-state index contributed by atoms with van der Waals surface area (Å²) < 4.78 is 52.7. The molecule has 4 nitrogen and oxygen atoms in total. The van der Waals surface area contributed by atoms with E-state index in [1.807, 2.05) is 0 Å². The van der Waals surface area contributed by atoms with E-state index in [1.165, 1.54) is 0 Å². The van der Waals surface area contributed by atoms with Gasteiger partial charge < -0.3 is 4.52 Å². The zero-order valence-corrected chi connectivity index (χ0v) is 12.0. The molecule has 1 aromatic rings. The number of pyridine rings is 1. The summed E-state index contributed by atoms with van der Waals surface area (Å²) in [5.74, 6) is -0.0572. The Morgan fingerprint density at radius 2 is 1.79 bits per heavy atom. The highest BCUT2D eigenvalue weighted by atomic mass is 32.5. The molecule has 108 valence electrons. The molecule has 1 aromatic heterocycles. The predicted molar refractivity (Wildman–Crippen MR) is 67.4 cm³/mol. The largest absolute Gasteiger partial charge is 0.417 e. The minimum atomic E-state index is -4.44. The van der Waals surface area contributed by atoms with Crippen LogP contribution in [0.2, 0.25) is 0 Å². The van der Waals surface area contributed by atoms with Gasteiger partial charge in [0.25, 0.3) is 0 Å². The molecule has 0 aliphatic rings. The Balaban J connectivity index is 2.84. The van der Waals surface area contributed by atoms with Crippen molar-refractivity contribution < 1.29 is 26.7 Å². The minimum absolute atomic E-state index is 0.0572. The molecule has 0 bridgehead atoms. The Labute approximate surface area is 114 Å². The molecule has 9 heteroatoms. The van der Waals surface area contributed by atoms with Gasteiger partial charge in [-0.25, -0.2) is 4.98 Å². The SMILES string of the molecule is CCOP(=S)(OCC)Oc1ccc(C(F)(F)F)cn1. The summed E-state index contributed by atoms with van der Waals surface area (Å²) >= 11 is 5.07. The van der Waals surface area contributed by atoms with Crippen LogP contribution in [0.15, 0.2) is 18.3 Å². The summed E-state index contributed by atoms with van der Waals surface area (Å²) in [4.78, 5) is 3.55. The van der Waals surface area contributed by atoms with Crippen molar-refractivity contribution in [3.8, 4) is 5.88 Å². The average Bonchev–Trinajstić information content (AvgIpc) is 2.28. The molecule has 1 heterocycles. The van der Waals surface area contributed by atoms with Crippen LogP contribution in [-0.4, -0.2) is 18.2 Å². The van der Waals surface area contributed by atoms with Gasteiger partial charge in [0.05, 0.1) is 18.8 Å². The van der Waals surface area contributed by atoms with E-state index in [9.17, 15) is 13.2 Å². The van der Waals surface area contributed by atoms with E-state index in [1.54, 1.807) is 13.8 Å². The predicted octanol–water partition coefficient (Wildman–Crippen LogP) is 3.78. The summed E-state index contributed by atoms with van der Waals surface area (Å²) in [5.41, 5.74) is -0.860. The molecule has 0 N–H and O–H groups in total. The second-order valence-corrected chi connectivity index (χ2v) is 6.19. The van der Waals surface area contributed by atoms with Crippen molar-refractivity contribution in [3.05, 3.63) is 23.9 Å². The number of hydrogen-bond acceptors (Lipinski definition) is 5. The van der Waals surface area contributed by atoms with E-state index < -0.39 is 18.5 Å². The van der Waals surface area contributed by atoms with Gasteiger partial charge in [0.2, 0.25) is 5.88 Å². The second-order valence-electron chi connectivity index (χ2n) is 3.26. The molecular formula is C10H13F3NO3PS. The molecule has 1 rings (SSSR count). The molecule has 0 fully saturated rings. The Morgan fingerprint density at radius 1 is 1.21 bits per heavy atom. The quantitative estimate of drug-likeness (QED) is 0.747. The van der Waals surface area contributed by atoms with Gasteiger partial charge in [0.15, 0.2) is 0 Å². The Kier molecular flexibility index (Phi) is 5.73. The normalized spacial score (nSPS) is 12.5. The molecule has 0 spiro atoms. The first-order valence-electron chi connectivity index (χ1n) is 5.42. The van der Waals surface area contributed by atoms with E-state index in [4.69, 9.17) is 25.4 Å². The maximum Gasteiger partial charge on any atom is 0.417 e. The lowest BCUT2D eigenvalue weighted by atomic mass is 10.3. The van der Waals surface area contributed by atoms with Crippen LogP contribution in [0, 0.1) is 0 Å². The summed E-state index contributed by atoms with van der Waals surface area (Å²) in [6, 6.07) is 1.95. The second kappa shape index (κ2) is 6.65. The zero-order valence-electron chi connectivity index (χ0n) is 10.3. The fourth-order valence-electron chi connectivity index (χ4n) is 1.12. The topological polar surface area (TPSA) is 40.6 Å². The van der Waals surface area contributed by atoms with Crippen LogP contribution in [-0.2, 0) is 27.0 Å². The maximum absolute atomic E-state index is 12.4. The van der Waals surface area contributed by atoms with Crippen molar-refractivity contribution in [2.75, 3.05) is 13.2 Å². The molecule has 0 unspecified atom stereocenters. The molecule has 0 aliphatic carbocycles. The van der Waals surface area contributed by atoms with Gasteiger partial charge in [-0.2, -0.15) is 13.2 Å². The van der Waals surface area contributed by atoms with Crippen LogP contribution >= 0.6 is 6.72 Å². The molecular weight excluding hydrogens is 302 g/mol. The van der Waals surface area contributed by atoms with Crippen molar-refractivity contribution in [2.45, 2.75) is 20.0 Å². The van der Waals surface area contributed by atoms with Gasteiger partial charge in [-0.05, 0) is 19.9 Å². The highest BCUT2D eigenvalue weighted by molar-refractivity contribution is 8.07. The van der Waals surface area contributed by atoms with Gasteiger partial charge >= 0.3 is 12.9 Å². The first-order chi connectivity index (χ1) is 8.80. The van der Waals surface area contributed by atoms with Crippen LogP contribution in [0.3, 0.4) is 0 Å². The van der Waals surface area contributed by atoms with Crippen LogP contribution in [0.4, 0.5) is 13.2 Å². The van der Waals surface area contributed by atoms with Crippen molar-refractivity contribution in [1.82, 2.24) is 4.98 Å². The van der Waals surface area contributed by atoms with Gasteiger partial charge in [-0.3, -0.25) is 9.05 Å². The number of nitrogens with zero attached hydrogens (tertiary/aromatic N) is 1. The highest BCUT2D eigenvalue weighted by Crippen LogP contribution is 2.49. The number of alkyl halides is 3.